The Morgan fingerprint density at radius 1 is 1.38 bits per heavy atom. The highest BCUT2D eigenvalue weighted by Crippen LogP contribution is 2.41. The van der Waals surface area contributed by atoms with Gasteiger partial charge in [0.05, 0.1) is 0 Å². The second-order valence-corrected chi connectivity index (χ2v) is 7.48. The molecule has 4 rings (SSSR count). The highest BCUT2D eigenvalue weighted by molar-refractivity contribution is 6.03. The number of carbonyl (C=O) groups is 2. The summed E-state index contributed by atoms with van der Waals surface area (Å²) in [5.74, 6) is 1.30. The van der Waals surface area contributed by atoms with Crippen LogP contribution in [0.2, 0.25) is 0 Å². The molecule has 0 bridgehead atoms. The Morgan fingerprint density at radius 3 is 2.85 bits per heavy atom. The van der Waals surface area contributed by atoms with Crippen molar-refractivity contribution in [1.82, 2.24) is 4.98 Å². The van der Waals surface area contributed by atoms with Gasteiger partial charge in [-0.15, -0.1) is 0 Å². The van der Waals surface area contributed by atoms with E-state index in [0.717, 1.165) is 35.7 Å². The van der Waals surface area contributed by atoms with Gasteiger partial charge in [0.2, 0.25) is 11.8 Å². The number of rotatable bonds is 4. The van der Waals surface area contributed by atoms with Gasteiger partial charge in [0.15, 0.2) is 0 Å². The number of nitrogens with two attached hydrogens (primary N) is 1. The molecule has 3 N–H and O–H groups in total. The molecule has 3 atom stereocenters. The first-order valence-corrected chi connectivity index (χ1v) is 9.30. The SMILES string of the molecule is CC[C@H]1C[C@H]1C(=O)Nc1cc2cc(N3C(=O)CCC3C)cc(N)c2cn1. The van der Waals surface area contributed by atoms with Crippen LogP contribution in [-0.2, 0) is 9.59 Å². The van der Waals surface area contributed by atoms with Crippen molar-refractivity contribution in [2.45, 2.75) is 45.6 Å². The summed E-state index contributed by atoms with van der Waals surface area (Å²) >= 11 is 0. The smallest absolute Gasteiger partial charge is 0.228 e. The molecule has 2 aromatic rings. The molecule has 0 spiro atoms. The van der Waals surface area contributed by atoms with E-state index in [-0.39, 0.29) is 23.8 Å². The van der Waals surface area contributed by atoms with Gasteiger partial charge in [-0.2, -0.15) is 0 Å². The van der Waals surface area contributed by atoms with Gasteiger partial charge in [-0.25, -0.2) is 4.98 Å². The fourth-order valence-corrected chi connectivity index (χ4v) is 3.94. The minimum absolute atomic E-state index is 0.0381. The zero-order valence-corrected chi connectivity index (χ0v) is 15.2. The molecule has 2 amide bonds. The first-order chi connectivity index (χ1) is 12.5. The van der Waals surface area contributed by atoms with Gasteiger partial charge < -0.3 is 16.0 Å². The second-order valence-electron chi connectivity index (χ2n) is 7.48. The Hall–Kier alpha value is -2.63. The lowest BCUT2D eigenvalue weighted by Crippen LogP contribution is -2.30. The standard InChI is InChI=1S/C20H24N4O2/c1-3-12-7-15(12)20(26)23-18-8-13-6-14(9-17(21)16(13)10-22-18)24-11(2)4-5-19(24)25/h6,8-12,15H,3-5,7,21H2,1-2H3,(H,22,23,26)/t11?,12-,15+/m0/s1. The summed E-state index contributed by atoms with van der Waals surface area (Å²) in [6.45, 7) is 4.15. The molecule has 1 aromatic carbocycles. The molecule has 1 saturated heterocycles. The summed E-state index contributed by atoms with van der Waals surface area (Å²) in [4.78, 5) is 30.6. The van der Waals surface area contributed by atoms with E-state index in [1.54, 1.807) is 6.20 Å². The molecule has 26 heavy (non-hydrogen) atoms. The van der Waals surface area contributed by atoms with Crippen molar-refractivity contribution in [1.29, 1.82) is 0 Å². The molecule has 136 valence electrons. The van der Waals surface area contributed by atoms with Crippen LogP contribution in [0.15, 0.2) is 24.4 Å². The predicted molar refractivity (Wildman–Crippen MR) is 103 cm³/mol. The highest BCUT2D eigenvalue weighted by atomic mass is 16.2. The zero-order valence-electron chi connectivity index (χ0n) is 15.2. The number of nitrogen functional groups attached to an aromatic ring is 1. The average molecular weight is 352 g/mol. The third-order valence-corrected chi connectivity index (χ3v) is 5.65. The van der Waals surface area contributed by atoms with Crippen LogP contribution in [0.3, 0.4) is 0 Å². The average Bonchev–Trinajstić information content (AvgIpc) is 3.33. The Bertz CT molecular complexity index is 895. The summed E-state index contributed by atoms with van der Waals surface area (Å²) in [5.41, 5.74) is 7.59. The number of nitrogens with one attached hydrogen (secondary N) is 1. The number of nitrogens with zero attached hydrogens (tertiary/aromatic N) is 2. The van der Waals surface area contributed by atoms with E-state index in [4.69, 9.17) is 5.73 Å². The van der Waals surface area contributed by atoms with Gasteiger partial charge in [-0.1, -0.05) is 13.3 Å². The molecule has 1 aliphatic carbocycles. The molecule has 2 aliphatic rings. The van der Waals surface area contributed by atoms with E-state index in [0.29, 0.717) is 23.8 Å². The van der Waals surface area contributed by atoms with Crippen molar-refractivity contribution in [3.8, 4) is 0 Å². The maximum atomic E-state index is 12.3. The summed E-state index contributed by atoms with van der Waals surface area (Å²) in [6, 6.07) is 5.79. The summed E-state index contributed by atoms with van der Waals surface area (Å²) < 4.78 is 0. The van der Waals surface area contributed by atoms with Crippen LogP contribution in [0.4, 0.5) is 17.2 Å². The molecule has 1 unspecified atom stereocenters. The van der Waals surface area contributed by atoms with Gasteiger partial charge in [0.1, 0.15) is 5.82 Å². The van der Waals surface area contributed by atoms with E-state index in [1.165, 1.54) is 0 Å². The molecule has 0 radical (unpaired) electrons. The lowest BCUT2D eigenvalue weighted by atomic mass is 10.1. The molecule has 6 nitrogen and oxygen atoms in total. The normalized spacial score (nSPS) is 24.9. The monoisotopic (exact) mass is 352 g/mol. The molecule has 2 heterocycles. The number of hydrogen-bond donors (Lipinski definition) is 2. The van der Waals surface area contributed by atoms with Crippen molar-refractivity contribution < 1.29 is 9.59 Å². The largest absolute Gasteiger partial charge is 0.398 e. The van der Waals surface area contributed by atoms with Gasteiger partial charge in [-0.3, -0.25) is 9.59 Å². The number of hydrogen-bond acceptors (Lipinski definition) is 4. The number of pyridine rings is 1. The van der Waals surface area contributed by atoms with Gasteiger partial charge in [-0.05, 0) is 49.3 Å². The van der Waals surface area contributed by atoms with Crippen LogP contribution in [0.1, 0.15) is 39.5 Å². The minimum Gasteiger partial charge on any atom is -0.398 e. The lowest BCUT2D eigenvalue weighted by molar-refractivity contribution is -0.118. The van der Waals surface area contributed by atoms with Crippen molar-refractivity contribution in [2.24, 2.45) is 11.8 Å². The molecule has 1 aliphatic heterocycles. The Balaban J connectivity index is 1.64. The molecular weight excluding hydrogens is 328 g/mol. The first-order valence-electron chi connectivity index (χ1n) is 9.30. The zero-order chi connectivity index (χ0) is 18.4. The number of carbonyl (C=O) groups excluding carboxylic acids is 2. The first kappa shape index (κ1) is 16.8. The number of benzene rings is 1. The van der Waals surface area contributed by atoms with E-state index < -0.39 is 0 Å². The Kier molecular flexibility index (Phi) is 4.05. The van der Waals surface area contributed by atoms with Crippen molar-refractivity contribution in [3.05, 3.63) is 24.4 Å². The molecular formula is C20H24N4O2. The lowest BCUT2D eigenvalue weighted by Gasteiger charge is -2.22. The molecule has 1 aromatic heterocycles. The summed E-state index contributed by atoms with van der Waals surface area (Å²) in [6.07, 6.45) is 5.10. The second kappa shape index (κ2) is 6.27. The molecule has 2 fully saturated rings. The van der Waals surface area contributed by atoms with E-state index in [2.05, 4.69) is 17.2 Å². The van der Waals surface area contributed by atoms with Crippen LogP contribution in [0, 0.1) is 11.8 Å². The number of amides is 2. The quantitative estimate of drug-likeness (QED) is 0.826. The van der Waals surface area contributed by atoms with Gasteiger partial charge >= 0.3 is 0 Å². The summed E-state index contributed by atoms with van der Waals surface area (Å²) in [5, 5.41) is 4.61. The van der Waals surface area contributed by atoms with E-state index in [1.807, 2.05) is 30.0 Å². The fraction of sp³-hybridized carbons (Fsp3) is 0.450. The highest BCUT2D eigenvalue weighted by Gasteiger charge is 2.41. The topological polar surface area (TPSA) is 88.3 Å². The maximum absolute atomic E-state index is 12.3. The van der Waals surface area contributed by atoms with E-state index >= 15 is 0 Å². The summed E-state index contributed by atoms with van der Waals surface area (Å²) in [7, 11) is 0. The van der Waals surface area contributed by atoms with Crippen LogP contribution >= 0.6 is 0 Å². The Labute approximate surface area is 152 Å². The maximum Gasteiger partial charge on any atom is 0.228 e. The number of anilines is 3. The third-order valence-electron chi connectivity index (χ3n) is 5.65. The van der Waals surface area contributed by atoms with Crippen molar-refractivity contribution in [2.75, 3.05) is 16.0 Å². The molecule has 1 saturated carbocycles. The third kappa shape index (κ3) is 2.89. The Morgan fingerprint density at radius 2 is 2.19 bits per heavy atom. The van der Waals surface area contributed by atoms with E-state index in [9.17, 15) is 9.59 Å². The van der Waals surface area contributed by atoms with Crippen LogP contribution in [0.5, 0.6) is 0 Å². The van der Waals surface area contributed by atoms with Crippen LogP contribution in [0.25, 0.3) is 10.8 Å². The number of aromatic nitrogens is 1. The van der Waals surface area contributed by atoms with Crippen LogP contribution in [-0.4, -0.2) is 22.8 Å². The van der Waals surface area contributed by atoms with Gasteiger partial charge in [0.25, 0.3) is 0 Å². The predicted octanol–water partition coefficient (Wildman–Crippen LogP) is 3.32. The van der Waals surface area contributed by atoms with Gasteiger partial charge in [0, 0.05) is 41.3 Å². The fourth-order valence-electron chi connectivity index (χ4n) is 3.94. The van der Waals surface area contributed by atoms with Crippen LogP contribution < -0.4 is 16.0 Å². The van der Waals surface area contributed by atoms with Crippen molar-refractivity contribution >= 4 is 39.8 Å². The van der Waals surface area contributed by atoms with Crippen molar-refractivity contribution in [3.63, 3.8) is 0 Å². The minimum atomic E-state index is 0.0381. The number of fused-ring (bicyclic) bond motifs is 1. The molecule has 6 heteroatoms.